The van der Waals surface area contributed by atoms with Crippen molar-refractivity contribution >= 4 is 28.3 Å². The first-order chi connectivity index (χ1) is 8.70. The van der Waals surface area contributed by atoms with Gasteiger partial charge in [-0.05, 0) is 58.3 Å². The maximum atomic E-state index is 8.58. The van der Waals surface area contributed by atoms with Gasteiger partial charge in [0.05, 0.1) is 0 Å². The highest BCUT2D eigenvalue weighted by atomic mass is 127. The summed E-state index contributed by atoms with van der Waals surface area (Å²) in [7, 11) is 0. The van der Waals surface area contributed by atoms with Crippen LogP contribution in [0.1, 0.15) is 11.1 Å². The maximum Gasteiger partial charge on any atom is 0.0418 e. The Morgan fingerprint density at radius 2 is 2.17 bits per heavy atom. The van der Waals surface area contributed by atoms with Crippen LogP contribution in [0.15, 0.2) is 17.2 Å². The first-order valence-corrected chi connectivity index (χ1v) is 7.06. The Kier molecular flexibility index (Phi) is 4.82. The predicted octanol–water partition coefficient (Wildman–Crippen LogP) is 2.95. The molecule has 1 aromatic rings. The summed E-state index contributed by atoms with van der Waals surface area (Å²) in [5, 5.41) is 7.11. The first-order valence-electron chi connectivity index (χ1n) is 5.98. The third-order valence-corrected chi connectivity index (χ3v) is 4.27. The van der Waals surface area contributed by atoms with Crippen molar-refractivity contribution in [3.63, 3.8) is 0 Å². The Morgan fingerprint density at radius 3 is 2.83 bits per heavy atom. The van der Waals surface area contributed by atoms with E-state index in [4.69, 9.17) is 5.53 Å². The molecule has 0 saturated carbocycles. The van der Waals surface area contributed by atoms with Crippen LogP contribution in [0.4, 0.5) is 5.69 Å². The summed E-state index contributed by atoms with van der Waals surface area (Å²) in [6.45, 7) is 7.15. The molecule has 1 N–H and O–H groups in total. The largest absolute Gasteiger partial charge is 0.314 e. The van der Waals surface area contributed by atoms with Crippen molar-refractivity contribution in [1.29, 1.82) is 0 Å². The number of hydrogen-bond acceptors (Lipinski definition) is 3. The van der Waals surface area contributed by atoms with Gasteiger partial charge in [0.25, 0.3) is 0 Å². The first kappa shape index (κ1) is 13.6. The van der Waals surface area contributed by atoms with E-state index in [0.29, 0.717) is 0 Å². The smallest absolute Gasteiger partial charge is 0.0418 e. The zero-order chi connectivity index (χ0) is 13.0. The van der Waals surface area contributed by atoms with E-state index in [2.05, 4.69) is 48.9 Å². The van der Waals surface area contributed by atoms with Gasteiger partial charge < -0.3 is 5.32 Å². The van der Waals surface area contributed by atoms with Crippen molar-refractivity contribution in [2.24, 2.45) is 5.11 Å². The molecule has 0 unspecified atom stereocenters. The molecule has 0 bridgehead atoms. The number of hydrogen-bond donors (Lipinski definition) is 1. The van der Waals surface area contributed by atoms with Crippen molar-refractivity contribution in [3.8, 4) is 0 Å². The zero-order valence-electron chi connectivity index (χ0n) is 10.4. The van der Waals surface area contributed by atoms with E-state index in [1.807, 2.05) is 13.0 Å². The van der Waals surface area contributed by atoms with E-state index in [-0.39, 0.29) is 0 Å². The molecule has 6 heteroatoms. The monoisotopic (exact) mass is 357 g/mol. The van der Waals surface area contributed by atoms with E-state index in [0.717, 1.165) is 47.5 Å². The van der Waals surface area contributed by atoms with E-state index < -0.39 is 0 Å². The average molecular weight is 357 g/mol. The molecule has 5 nitrogen and oxygen atoms in total. The van der Waals surface area contributed by atoms with Crippen molar-refractivity contribution in [2.45, 2.75) is 13.5 Å². The molecule has 0 aliphatic carbocycles. The molecule has 1 saturated heterocycles. The fraction of sp³-hybridized carbons (Fsp3) is 0.500. The van der Waals surface area contributed by atoms with Crippen molar-refractivity contribution in [2.75, 3.05) is 26.2 Å². The van der Waals surface area contributed by atoms with Crippen molar-refractivity contribution in [1.82, 2.24) is 10.2 Å². The van der Waals surface area contributed by atoms with E-state index in [1.165, 1.54) is 5.56 Å². The maximum absolute atomic E-state index is 8.58. The summed E-state index contributed by atoms with van der Waals surface area (Å²) in [5.41, 5.74) is 11.6. The summed E-state index contributed by atoms with van der Waals surface area (Å²) in [4.78, 5) is 5.31. The molecule has 0 aromatic heterocycles. The molecule has 1 aliphatic heterocycles. The van der Waals surface area contributed by atoms with Crippen LogP contribution in [0, 0.1) is 10.5 Å². The van der Waals surface area contributed by atoms with Crippen LogP contribution in [0.25, 0.3) is 10.4 Å². The molecular weight excluding hydrogens is 341 g/mol. The van der Waals surface area contributed by atoms with Crippen LogP contribution >= 0.6 is 22.6 Å². The van der Waals surface area contributed by atoms with E-state index >= 15 is 0 Å². The SMILES string of the molecule is Cc1c(I)cc(CN2CCNCC2)cc1N=[N+]=[N-]. The minimum atomic E-state index is 0.745. The number of rotatable bonds is 3. The molecule has 1 aromatic carbocycles. The summed E-state index contributed by atoms with van der Waals surface area (Å²) >= 11 is 2.30. The molecule has 1 aliphatic rings. The molecule has 0 radical (unpaired) electrons. The molecular formula is C12H16IN5. The lowest BCUT2D eigenvalue weighted by molar-refractivity contribution is 0.233. The third-order valence-electron chi connectivity index (χ3n) is 3.14. The second-order valence-corrected chi connectivity index (χ2v) is 5.60. The number of nitrogens with one attached hydrogen (secondary N) is 1. The Labute approximate surface area is 120 Å². The Balaban J connectivity index is 2.19. The highest BCUT2D eigenvalue weighted by molar-refractivity contribution is 14.1. The topological polar surface area (TPSA) is 64.0 Å². The minimum Gasteiger partial charge on any atom is -0.314 e. The second kappa shape index (κ2) is 6.38. The predicted molar refractivity (Wildman–Crippen MR) is 80.8 cm³/mol. The van der Waals surface area contributed by atoms with Crippen LogP contribution in [-0.4, -0.2) is 31.1 Å². The van der Waals surface area contributed by atoms with Crippen LogP contribution < -0.4 is 5.32 Å². The normalized spacial score (nSPS) is 16.3. The summed E-state index contributed by atoms with van der Waals surface area (Å²) in [5.74, 6) is 0. The van der Waals surface area contributed by atoms with Gasteiger partial charge >= 0.3 is 0 Å². The Morgan fingerprint density at radius 1 is 1.44 bits per heavy atom. The van der Waals surface area contributed by atoms with Crippen molar-refractivity contribution in [3.05, 3.63) is 37.3 Å². The van der Waals surface area contributed by atoms with Crippen LogP contribution in [0.3, 0.4) is 0 Å². The number of azide groups is 1. The lowest BCUT2D eigenvalue weighted by Gasteiger charge is -2.27. The number of halogens is 1. The lowest BCUT2D eigenvalue weighted by Crippen LogP contribution is -2.42. The van der Waals surface area contributed by atoms with Gasteiger partial charge in [0.15, 0.2) is 0 Å². The fourth-order valence-electron chi connectivity index (χ4n) is 2.09. The zero-order valence-corrected chi connectivity index (χ0v) is 12.5. The highest BCUT2D eigenvalue weighted by Gasteiger charge is 2.11. The van der Waals surface area contributed by atoms with Crippen LogP contribution in [-0.2, 0) is 6.54 Å². The van der Waals surface area contributed by atoms with Gasteiger partial charge in [-0.15, -0.1) is 0 Å². The molecule has 1 fully saturated rings. The van der Waals surface area contributed by atoms with Gasteiger partial charge in [0, 0.05) is 46.9 Å². The van der Waals surface area contributed by atoms with Crippen LogP contribution in [0.2, 0.25) is 0 Å². The van der Waals surface area contributed by atoms with Crippen molar-refractivity contribution < 1.29 is 0 Å². The molecule has 0 atom stereocenters. The quantitative estimate of drug-likeness (QED) is 0.391. The molecule has 18 heavy (non-hydrogen) atoms. The van der Waals surface area contributed by atoms with Gasteiger partial charge in [-0.25, -0.2) is 0 Å². The summed E-state index contributed by atoms with van der Waals surface area (Å²) in [6, 6.07) is 4.17. The second-order valence-electron chi connectivity index (χ2n) is 4.44. The average Bonchev–Trinajstić information content (AvgIpc) is 2.37. The third kappa shape index (κ3) is 3.35. The number of benzene rings is 1. The minimum absolute atomic E-state index is 0.745. The Bertz CT molecular complexity index is 476. The lowest BCUT2D eigenvalue weighted by atomic mass is 10.1. The van der Waals surface area contributed by atoms with Gasteiger partial charge in [-0.3, -0.25) is 4.90 Å². The summed E-state index contributed by atoms with van der Waals surface area (Å²) in [6.07, 6.45) is 0. The molecule has 2 rings (SSSR count). The van der Waals surface area contributed by atoms with Gasteiger partial charge in [-0.2, -0.15) is 0 Å². The molecule has 1 heterocycles. The van der Waals surface area contributed by atoms with Gasteiger partial charge in [0.2, 0.25) is 0 Å². The fourth-order valence-corrected chi connectivity index (χ4v) is 2.77. The van der Waals surface area contributed by atoms with Gasteiger partial charge in [-0.1, -0.05) is 5.11 Å². The van der Waals surface area contributed by atoms with E-state index in [9.17, 15) is 0 Å². The highest BCUT2D eigenvalue weighted by Crippen LogP contribution is 2.26. The van der Waals surface area contributed by atoms with E-state index in [1.54, 1.807) is 0 Å². The molecule has 0 amide bonds. The number of nitrogens with zero attached hydrogens (tertiary/aromatic N) is 4. The summed E-state index contributed by atoms with van der Waals surface area (Å²) < 4.78 is 1.16. The standard InChI is InChI=1S/C12H16IN5/c1-9-11(13)6-10(7-12(9)16-17-14)8-18-4-2-15-3-5-18/h6-7,15H,2-5,8H2,1H3. The van der Waals surface area contributed by atoms with Gasteiger partial charge in [0.1, 0.15) is 0 Å². The van der Waals surface area contributed by atoms with Crippen LogP contribution in [0.5, 0.6) is 0 Å². The number of piperazine rings is 1. The molecule has 96 valence electrons. The molecule has 0 spiro atoms. The Hall–Kier alpha value is -0.820.